The van der Waals surface area contributed by atoms with Gasteiger partial charge in [-0.2, -0.15) is 10.4 Å². The first kappa shape index (κ1) is 12.2. The zero-order chi connectivity index (χ0) is 13.3. The van der Waals surface area contributed by atoms with Crippen molar-refractivity contribution >= 4 is 5.91 Å². The molecule has 1 aliphatic carbocycles. The molecule has 0 bridgehead atoms. The van der Waals surface area contributed by atoms with Crippen molar-refractivity contribution in [3.8, 4) is 6.07 Å². The number of carbonyl (C=O) groups is 1. The number of H-pyrrole nitrogens is 1. The number of likely N-dealkylation sites (tertiary alicyclic amines) is 1. The Labute approximate surface area is 112 Å². The summed E-state index contributed by atoms with van der Waals surface area (Å²) < 4.78 is 0. The molecule has 1 aromatic heterocycles. The summed E-state index contributed by atoms with van der Waals surface area (Å²) in [7, 11) is 0. The summed E-state index contributed by atoms with van der Waals surface area (Å²) >= 11 is 0. The average Bonchev–Trinajstić information content (AvgIpc) is 2.92. The molecule has 1 saturated heterocycles. The van der Waals surface area contributed by atoms with Crippen molar-refractivity contribution in [1.82, 2.24) is 15.1 Å². The van der Waals surface area contributed by atoms with E-state index in [2.05, 4.69) is 16.3 Å². The van der Waals surface area contributed by atoms with E-state index in [1.165, 1.54) is 0 Å². The summed E-state index contributed by atoms with van der Waals surface area (Å²) in [5.41, 5.74) is 0.382. The first-order chi connectivity index (χ1) is 9.25. The Balaban J connectivity index is 1.72. The maximum atomic E-state index is 12.5. The van der Waals surface area contributed by atoms with Crippen LogP contribution in [0, 0.1) is 16.7 Å². The second-order valence-corrected chi connectivity index (χ2v) is 5.65. The highest BCUT2D eigenvalue weighted by Gasteiger charge is 2.47. The molecule has 0 radical (unpaired) electrons. The predicted octanol–water partition coefficient (Wildman–Crippen LogP) is 1.81. The second kappa shape index (κ2) is 4.69. The predicted molar refractivity (Wildman–Crippen MR) is 69.0 cm³/mol. The Morgan fingerprint density at radius 1 is 1.53 bits per heavy atom. The van der Waals surface area contributed by atoms with Gasteiger partial charge in [-0.15, -0.1) is 0 Å². The van der Waals surface area contributed by atoms with Crippen molar-refractivity contribution in [1.29, 1.82) is 5.26 Å². The first-order valence-electron chi connectivity index (χ1n) is 6.95. The summed E-state index contributed by atoms with van der Waals surface area (Å²) in [4.78, 5) is 14.4. The standard InChI is InChI=1S/C14H18N4O/c15-10-14(5-2-6-14)13(19)18-8-1-3-11(9-18)12-4-7-16-17-12/h4,7,11H,1-3,5-6,8-9H2,(H,16,17)/t11-/m0/s1. The highest BCUT2D eigenvalue weighted by molar-refractivity contribution is 5.86. The highest BCUT2D eigenvalue weighted by Crippen LogP contribution is 2.42. The summed E-state index contributed by atoms with van der Waals surface area (Å²) in [6.07, 6.45) is 6.28. The van der Waals surface area contributed by atoms with Crippen molar-refractivity contribution in [2.45, 2.75) is 38.0 Å². The lowest BCUT2D eigenvalue weighted by atomic mass is 9.68. The van der Waals surface area contributed by atoms with E-state index in [4.69, 9.17) is 0 Å². The van der Waals surface area contributed by atoms with Gasteiger partial charge in [0, 0.05) is 30.9 Å². The summed E-state index contributed by atoms with van der Waals surface area (Å²) in [5.74, 6) is 0.376. The van der Waals surface area contributed by atoms with Crippen LogP contribution in [0.4, 0.5) is 0 Å². The fraction of sp³-hybridized carbons (Fsp3) is 0.643. The molecule has 5 nitrogen and oxygen atoms in total. The van der Waals surface area contributed by atoms with Crippen LogP contribution < -0.4 is 0 Å². The lowest BCUT2D eigenvalue weighted by molar-refractivity contribution is -0.144. The number of carbonyl (C=O) groups excluding carboxylic acids is 1. The molecule has 0 unspecified atom stereocenters. The van der Waals surface area contributed by atoms with Crippen LogP contribution in [0.2, 0.25) is 0 Å². The molecule has 1 amide bonds. The number of nitriles is 1. The molecule has 1 N–H and O–H groups in total. The number of hydrogen-bond acceptors (Lipinski definition) is 3. The van der Waals surface area contributed by atoms with E-state index in [0.29, 0.717) is 12.5 Å². The van der Waals surface area contributed by atoms with Gasteiger partial charge in [-0.25, -0.2) is 0 Å². The molecule has 1 atom stereocenters. The number of nitrogens with zero attached hydrogens (tertiary/aromatic N) is 3. The number of nitrogens with one attached hydrogen (secondary N) is 1. The van der Waals surface area contributed by atoms with E-state index < -0.39 is 5.41 Å². The average molecular weight is 258 g/mol. The normalized spacial score (nSPS) is 25.4. The number of aromatic amines is 1. The van der Waals surface area contributed by atoms with Crippen molar-refractivity contribution in [2.75, 3.05) is 13.1 Å². The van der Waals surface area contributed by atoms with Crippen molar-refractivity contribution in [3.63, 3.8) is 0 Å². The van der Waals surface area contributed by atoms with E-state index in [1.807, 2.05) is 11.0 Å². The third-order valence-corrected chi connectivity index (χ3v) is 4.50. The summed E-state index contributed by atoms with van der Waals surface area (Å²) in [6, 6.07) is 4.22. The summed E-state index contributed by atoms with van der Waals surface area (Å²) in [6.45, 7) is 1.50. The van der Waals surface area contributed by atoms with Crippen LogP contribution in [0.1, 0.15) is 43.7 Å². The maximum Gasteiger partial charge on any atom is 0.243 e. The van der Waals surface area contributed by atoms with E-state index in [0.717, 1.165) is 44.3 Å². The number of aromatic nitrogens is 2. The van der Waals surface area contributed by atoms with Gasteiger partial charge in [0.05, 0.1) is 6.07 Å². The maximum absolute atomic E-state index is 12.5. The Kier molecular flexibility index (Phi) is 3.02. The van der Waals surface area contributed by atoms with Gasteiger partial charge in [-0.1, -0.05) is 0 Å². The van der Waals surface area contributed by atoms with Crippen LogP contribution in [-0.4, -0.2) is 34.1 Å². The second-order valence-electron chi connectivity index (χ2n) is 5.65. The van der Waals surface area contributed by atoms with Gasteiger partial charge >= 0.3 is 0 Å². The van der Waals surface area contributed by atoms with Gasteiger partial charge in [0.25, 0.3) is 0 Å². The topological polar surface area (TPSA) is 72.8 Å². The van der Waals surface area contributed by atoms with E-state index >= 15 is 0 Å². The van der Waals surface area contributed by atoms with Gasteiger partial charge in [-0.3, -0.25) is 9.89 Å². The molecule has 2 heterocycles. The fourth-order valence-corrected chi connectivity index (χ4v) is 3.12. The van der Waals surface area contributed by atoms with Crippen LogP contribution in [0.25, 0.3) is 0 Å². The zero-order valence-corrected chi connectivity index (χ0v) is 10.9. The molecule has 1 aliphatic heterocycles. The molecule has 0 aromatic carbocycles. The lowest BCUT2D eigenvalue weighted by Crippen LogP contribution is -2.50. The van der Waals surface area contributed by atoms with Gasteiger partial charge in [0.15, 0.2) is 0 Å². The zero-order valence-electron chi connectivity index (χ0n) is 10.9. The first-order valence-corrected chi connectivity index (χ1v) is 6.95. The molecule has 100 valence electrons. The van der Waals surface area contributed by atoms with Crippen molar-refractivity contribution in [3.05, 3.63) is 18.0 Å². The number of piperidine rings is 1. The van der Waals surface area contributed by atoms with Crippen LogP contribution in [-0.2, 0) is 4.79 Å². The molecular weight excluding hydrogens is 240 g/mol. The minimum atomic E-state index is -0.712. The van der Waals surface area contributed by atoms with Crippen LogP contribution in [0.5, 0.6) is 0 Å². The van der Waals surface area contributed by atoms with Gasteiger partial charge in [0.1, 0.15) is 5.41 Å². The van der Waals surface area contributed by atoms with E-state index in [9.17, 15) is 10.1 Å². The number of hydrogen-bond donors (Lipinski definition) is 1. The Morgan fingerprint density at radius 2 is 2.37 bits per heavy atom. The van der Waals surface area contributed by atoms with Crippen LogP contribution >= 0.6 is 0 Å². The third kappa shape index (κ3) is 2.01. The quantitative estimate of drug-likeness (QED) is 0.879. The molecule has 19 heavy (non-hydrogen) atoms. The third-order valence-electron chi connectivity index (χ3n) is 4.50. The highest BCUT2D eigenvalue weighted by atomic mass is 16.2. The smallest absolute Gasteiger partial charge is 0.243 e. The molecule has 3 rings (SSSR count). The van der Waals surface area contributed by atoms with Gasteiger partial charge < -0.3 is 4.90 Å². The molecule has 5 heteroatoms. The van der Waals surface area contributed by atoms with Gasteiger partial charge in [0.2, 0.25) is 5.91 Å². The minimum absolute atomic E-state index is 0.0467. The lowest BCUT2D eigenvalue weighted by Gasteiger charge is -2.41. The van der Waals surface area contributed by atoms with Crippen LogP contribution in [0.3, 0.4) is 0 Å². The molecule has 2 fully saturated rings. The van der Waals surface area contributed by atoms with Gasteiger partial charge in [-0.05, 0) is 38.2 Å². The van der Waals surface area contributed by atoms with E-state index in [-0.39, 0.29) is 5.91 Å². The molecular formula is C14H18N4O. The monoisotopic (exact) mass is 258 g/mol. The SMILES string of the molecule is N#CC1(C(=O)N2CCC[C@H](c3ccn[nH]3)C2)CCC1. The summed E-state index contributed by atoms with van der Waals surface area (Å²) in [5, 5.41) is 16.2. The molecule has 1 saturated carbocycles. The van der Waals surface area contributed by atoms with E-state index in [1.54, 1.807) is 6.20 Å². The number of amides is 1. The Morgan fingerprint density at radius 3 is 2.95 bits per heavy atom. The molecule has 1 aromatic rings. The van der Waals surface area contributed by atoms with Crippen LogP contribution in [0.15, 0.2) is 12.3 Å². The van der Waals surface area contributed by atoms with Crippen molar-refractivity contribution in [2.24, 2.45) is 5.41 Å². The fourth-order valence-electron chi connectivity index (χ4n) is 3.12. The van der Waals surface area contributed by atoms with Crippen molar-refractivity contribution < 1.29 is 4.79 Å². The minimum Gasteiger partial charge on any atom is -0.341 e. The largest absolute Gasteiger partial charge is 0.341 e. The Bertz CT molecular complexity index is 498. The number of rotatable bonds is 2. The molecule has 2 aliphatic rings. The molecule has 0 spiro atoms. The Hall–Kier alpha value is -1.83.